The summed E-state index contributed by atoms with van der Waals surface area (Å²) in [6.07, 6.45) is 17.1. The molecule has 69 heavy (non-hydrogen) atoms. The molecule has 0 bridgehead atoms. The van der Waals surface area contributed by atoms with Gasteiger partial charge in [-0.1, -0.05) is 36.9 Å². The Balaban J connectivity index is 0.926. The molecule has 1 fully saturated rings. The Morgan fingerprint density at radius 1 is 0.986 bits per heavy atom. The molecule has 3 heterocycles. The molecule has 0 aromatic heterocycles. The minimum Gasteiger partial charge on any atom is -0.498 e. The molecule has 7 aliphatic rings. The number of amides is 2. The second-order valence-electron chi connectivity index (χ2n) is 19.6. The molecule has 6 unspecified atom stereocenters. The predicted octanol–water partition coefficient (Wildman–Crippen LogP) is 5.15. The molecule has 3 aliphatic heterocycles. The number of esters is 1. The van der Waals surface area contributed by atoms with Crippen molar-refractivity contribution in [2.24, 2.45) is 5.92 Å². The van der Waals surface area contributed by atoms with E-state index in [0.717, 1.165) is 77.7 Å². The topological polar surface area (TPSA) is 195 Å². The molecule has 1 aromatic carbocycles. The highest BCUT2D eigenvalue weighted by atomic mass is 16.5. The third-order valence-electron chi connectivity index (χ3n) is 14.8. The number of unbranched alkanes of at least 4 members (excludes halogenated alkanes) is 1. The highest BCUT2D eigenvalue weighted by Gasteiger charge is 2.44. The Labute approximate surface area is 407 Å². The van der Waals surface area contributed by atoms with Crippen molar-refractivity contribution in [3.8, 4) is 0 Å². The zero-order valence-corrected chi connectivity index (χ0v) is 41.0. The molecule has 0 saturated carbocycles. The number of benzene rings is 1. The van der Waals surface area contributed by atoms with E-state index in [-0.39, 0.29) is 62.2 Å². The maximum atomic E-state index is 13.7. The number of likely N-dealkylation sites (tertiary alicyclic amines) is 1. The van der Waals surface area contributed by atoms with E-state index in [1.807, 2.05) is 25.2 Å². The van der Waals surface area contributed by atoms with Crippen LogP contribution >= 0.6 is 0 Å². The van der Waals surface area contributed by atoms with Crippen molar-refractivity contribution >= 4 is 23.5 Å². The number of aliphatic hydroxyl groups excluding tert-OH is 2. The lowest BCUT2D eigenvalue weighted by Crippen LogP contribution is -2.54. The minimum absolute atomic E-state index is 0.00891. The lowest BCUT2D eigenvalue weighted by atomic mass is 9.87. The third-order valence-corrected chi connectivity index (χ3v) is 14.8. The number of rotatable bonds is 21. The van der Waals surface area contributed by atoms with Gasteiger partial charge in [0.1, 0.15) is 24.3 Å². The van der Waals surface area contributed by atoms with Crippen LogP contribution in [-0.4, -0.2) is 121 Å². The first-order valence-corrected chi connectivity index (χ1v) is 24.9. The van der Waals surface area contributed by atoms with Crippen molar-refractivity contribution in [1.82, 2.24) is 31.1 Å². The molecule has 9 atom stereocenters. The van der Waals surface area contributed by atoms with Crippen LogP contribution < -0.4 is 26.6 Å². The highest BCUT2D eigenvalue weighted by molar-refractivity contribution is 5.94. The summed E-state index contributed by atoms with van der Waals surface area (Å²) in [4.78, 5) is 42.4. The number of nitrogens with zero attached hydrogens (tertiary/aromatic N) is 2. The molecule has 374 valence electrons. The second kappa shape index (κ2) is 22.7. The molecule has 1 saturated heterocycles. The summed E-state index contributed by atoms with van der Waals surface area (Å²) in [5.41, 5.74) is 9.81. The van der Waals surface area contributed by atoms with E-state index in [4.69, 9.17) is 14.2 Å². The van der Waals surface area contributed by atoms with Crippen molar-refractivity contribution < 1.29 is 43.5 Å². The number of anilines is 1. The largest absolute Gasteiger partial charge is 0.498 e. The van der Waals surface area contributed by atoms with E-state index in [1.165, 1.54) is 36.8 Å². The first-order valence-electron chi connectivity index (χ1n) is 24.9. The number of carbonyl (C=O) groups excluding carboxylic acids is 3. The summed E-state index contributed by atoms with van der Waals surface area (Å²) < 4.78 is 23.9. The number of hydrogen-bond donors (Lipinski definition) is 7. The average Bonchev–Trinajstić information content (AvgIpc) is 4.07. The molecule has 7 N–H and O–H groups in total. The van der Waals surface area contributed by atoms with Gasteiger partial charge in [-0.25, -0.2) is 0 Å². The van der Waals surface area contributed by atoms with E-state index in [9.17, 15) is 24.6 Å². The van der Waals surface area contributed by atoms with Crippen LogP contribution in [0.5, 0.6) is 0 Å². The van der Waals surface area contributed by atoms with Crippen LogP contribution in [0.4, 0.5) is 5.69 Å². The number of hydrogen-bond acceptors (Lipinski definition) is 14. The first-order chi connectivity index (χ1) is 33.3. The van der Waals surface area contributed by atoms with Crippen LogP contribution in [0.25, 0.3) is 0 Å². The van der Waals surface area contributed by atoms with E-state index < -0.39 is 24.5 Å². The summed E-state index contributed by atoms with van der Waals surface area (Å²) in [7, 11) is 4.98. The summed E-state index contributed by atoms with van der Waals surface area (Å²) in [5, 5.41) is 38.4. The second-order valence-corrected chi connectivity index (χ2v) is 19.6. The molecule has 8 rings (SSSR count). The Kier molecular flexibility index (Phi) is 16.5. The monoisotopic (exact) mass is 952 g/mol. The van der Waals surface area contributed by atoms with Crippen molar-refractivity contribution in [3.05, 3.63) is 111 Å². The predicted molar refractivity (Wildman–Crippen MR) is 262 cm³/mol. The van der Waals surface area contributed by atoms with Gasteiger partial charge >= 0.3 is 5.97 Å². The van der Waals surface area contributed by atoms with Crippen LogP contribution in [0.1, 0.15) is 102 Å². The van der Waals surface area contributed by atoms with Crippen molar-refractivity contribution in [2.45, 2.75) is 153 Å². The molecule has 1 aromatic rings. The molecule has 2 amide bonds. The standard InChI is InChI=1S/C53H73N7O9/c1-31-20-40-42(58-48-25-37-13-11-15-44(37)60(48)53(40)65)27-45(31)68-29-34-21-35(23-39(22-34)57-52(64)33(3)56-51(63)32(2)55-49(61)16-9-10-17-50(62)67-6)30-69-47-26-41(54-4)38(24-46(47)66-5)28-59-19-18-36-12-7-8-14-43(36)59/h8,11,13-14,21-24,32-33,36,43,45,47-48,51,53-54,56,58,63,65H,1,7,9-10,12,15-20,25-30H2,2-6H3,(H,55,61)(H,57,64)/t32-,33-,36?,43?,45?,47?,48-,51?,53?/m0/s1. The fourth-order valence-corrected chi connectivity index (χ4v) is 11.0. The van der Waals surface area contributed by atoms with Gasteiger partial charge in [0, 0.05) is 86.5 Å². The van der Waals surface area contributed by atoms with Gasteiger partial charge in [0.2, 0.25) is 11.8 Å². The van der Waals surface area contributed by atoms with Crippen LogP contribution in [-0.2, 0) is 46.5 Å². The molecule has 0 radical (unpaired) electrons. The summed E-state index contributed by atoms with van der Waals surface area (Å²) in [5.74, 6) is 0.501. The quantitative estimate of drug-likeness (QED) is 0.0370. The van der Waals surface area contributed by atoms with Gasteiger partial charge in [0.05, 0.1) is 45.6 Å². The number of allylic oxidation sites excluding steroid dienone is 3. The lowest BCUT2D eigenvalue weighted by Gasteiger charge is -2.45. The zero-order chi connectivity index (χ0) is 48.8. The van der Waals surface area contributed by atoms with Gasteiger partial charge in [-0.2, -0.15) is 0 Å². The van der Waals surface area contributed by atoms with Gasteiger partial charge in [0.25, 0.3) is 0 Å². The highest BCUT2D eigenvalue weighted by Crippen LogP contribution is 2.44. The maximum Gasteiger partial charge on any atom is 0.305 e. The number of ether oxygens (including phenoxy) is 4. The maximum absolute atomic E-state index is 13.7. The van der Waals surface area contributed by atoms with Crippen molar-refractivity contribution in [2.75, 3.05) is 39.7 Å². The molecule has 0 spiro atoms. The average molecular weight is 952 g/mol. The molecule has 16 heteroatoms. The van der Waals surface area contributed by atoms with Gasteiger partial charge in [-0.05, 0) is 111 Å². The Morgan fingerprint density at radius 3 is 2.51 bits per heavy atom. The molecule has 4 aliphatic carbocycles. The van der Waals surface area contributed by atoms with Crippen molar-refractivity contribution in [1.29, 1.82) is 0 Å². The Morgan fingerprint density at radius 2 is 1.75 bits per heavy atom. The number of nitrogens with one attached hydrogen (secondary N) is 5. The SMILES string of the molecule is C=C1CC2=C(CC1OCc1cc(COC3CC(NC)=C(CN4CCC5CCC=CC54)C=C3OC)cc(NC(=O)[C@H](C)NC(O)[C@H](C)NC(=O)CCCCC(=O)OC)c1)N[C@@H]1CC3=C(CC=C3)N1C2O. The van der Waals surface area contributed by atoms with Crippen LogP contribution in [0, 0.1) is 5.92 Å². The van der Waals surface area contributed by atoms with Crippen LogP contribution in [0.3, 0.4) is 0 Å². The first kappa shape index (κ1) is 50.2. The fourth-order valence-electron chi connectivity index (χ4n) is 11.0. The van der Waals surface area contributed by atoms with E-state index >= 15 is 0 Å². The summed E-state index contributed by atoms with van der Waals surface area (Å²) >= 11 is 0. The number of methoxy groups -OCH3 is 2. The fraction of sp³-hybridized carbons (Fsp3) is 0.566. The zero-order valence-electron chi connectivity index (χ0n) is 41.0. The van der Waals surface area contributed by atoms with E-state index in [1.54, 1.807) is 21.0 Å². The van der Waals surface area contributed by atoms with E-state index in [0.29, 0.717) is 43.8 Å². The van der Waals surface area contributed by atoms with Crippen LogP contribution in [0.15, 0.2) is 100 Å². The molecular weight excluding hydrogens is 879 g/mol. The molecular formula is C53H73N7O9. The third kappa shape index (κ3) is 11.9. The Bertz CT molecular complexity index is 2300. The van der Waals surface area contributed by atoms with Crippen molar-refractivity contribution in [3.63, 3.8) is 0 Å². The van der Waals surface area contributed by atoms with Gasteiger partial charge in [-0.15, -0.1) is 0 Å². The van der Waals surface area contributed by atoms with Gasteiger partial charge in [0.15, 0.2) is 6.23 Å². The smallest absolute Gasteiger partial charge is 0.305 e. The molecule has 16 nitrogen and oxygen atoms in total. The van der Waals surface area contributed by atoms with Crippen LogP contribution in [0.2, 0.25) is 0 Å². The number of fused-ring (bicyclic) bond motifs is 3. The number of carbonyl (C=O) groups is 3. The van der Waals surface area contributed by atoms with Gasteiger partial charge < -0.3 is 55.3 Å². The number of aliphatic hydroxyl groups is 2. The van der Waals surface area contributed by atoms with Gasteiger partial charge in [-0.3, -0.25) is 24.6 Å². The minimum atomic E-state index is -1.22. The van der Waals surface area contributed by atoms with E-state index in [2.05, 4.69) is 78.1 Å². The summed E-state index contributed by atoms with van der Waals surface area (Å²) in [6.45, 7) is 10.1. The summed E-state index contributed by atoms with van der Waals surface area (Å²) in [6, 6.07) is 4.72. The Hall–Kier alpha value is -5.23. The lowest BCUT2D eigenvalue weighted by molar-refractivity contribution is -0.140. The normalized spacial score (nSPS) is 26.4.